The Balaban J connectivity index is 2.14. The van der Waals surface area contributed by atoms with E-state index in [1.165, 1.54) is 0 Å². The van der Waals surface area contributed by atoms with E-state index >= 15 is 0 Å². The lowest BCUT2D eigenvalue weighted by molar-refractivity contribution is 0.0785. The molecular weight excluding hydrogens is 283 g/mol. The Kier molecular flexibility index (Phi) is 4.40. The SMILES string of the molecule is CN(Cc1cccc(Cl)c1)C(=O)c1cccnc1Cl. The third-order valence-electron chi connectivity index (χ3n) is 2.64. The Morgan fingerprint density at radius 1 is 1.26 bits per heavy atom. The monoisotopic (exact) mass is 294 g/mol. The van der Waals surface area contributed by atoms with E-state index in [0.29, 0.717) is 17.1 Å². The van der Waals surface area contributed by atoms with Crippen molar-refractivity contribution in [2.24, 2.45) is 0 Å². The average Bonchev–Trinajstić information content (AvgIpc) is 2.38. The molecule has 0 atom stereocenters. The second-order valence-corrected chi connectivity index (χ2v) is 4.93. The summed E-state index contributed by atoms with van der Waals surface area (Å²) in [7, 11) is 1.71. The van der Waals surface area contributed by atoms with Crippen molar-refractivity contribution in [1.82, 2.24) is 9.88 Å². The normalized spacial score (nSPS) is 10.3. The number of aromatic nitrogens is 1. The van der Waals surface area contributed by atoms with Crippen LogP contribution in [0.2, 0.25) is 10.2 Å². The van der Waals surface area contributed by atoms with Gasteiger partial charge in [0.05, 0.1) is 5.56 Å². The molecule has 0 unspecified atom stereocenters. The topological polar surface area (TPSA) is 33.2 Å². The lowest BCUT2D eigenvalue weighted by Crippen LogP contribution is -2.26. The third kappa shape index (κ3) is 3.46. The van der Waals surface area contributed by atoms with Gasteiger partial charge in [-0.05, 0) is 29.8 Å². The summed E-state index contributed by atoms with van der Waals surface area (Å²) in [5.74, 6) is -0.168. The number of rotatable bonds is 3. The van der Waals surface area contributed by atoms with Crippen molar-refractivity contribution in [1.29, 1.82) is 0 Å². The molecule has 2 rings (SSSR count). The minimum absolute atomic E-state index is 0.168. The second-order valence-electron chi connectivity index (χ2n) is 4.13. The zero-order chi connectivity index (χ0) is 13.8. The lowest BCUT2D eigenvalue weighted by Gasteiger charge is -2.17. The number of halogens is 2. The number of hydrogen-bond acceptors (Lipinski definition) is 2. The Morgan fingerprint density at radius 2 is 2.05 bits per heavy atom. The van der Waals surface area contributed by atoms with E-state index in [1.807, 2.05) is 18.2 Å². The molecule has 0 aliphatic heterocycles. The molecule has 1 heterocycles. The summed E-state index contributed by atoms with van der Waals surface area (Å²) in [4.78, 5) is 17.7. The number of carbonyl (C=O) groups excluding carboxylic acids is 1. The van der Waals surface area contributed by atoms with E-state index in [2.05, 4.69) is 4.98 Å². The summed E-state index contributed by atoms with van der Waals surface area (Å²) in [6, 6.07) is 10.7. The molecule has 0 spiro atoms. The highest BCUT2D eigenvalue weighted by Gasteiger charge is 2.15. The highest BCUT2D eigenvalue weighted by Crippen LogP contribution is 2.16. The quantitative estimate of drug-likeness (QED) is 0.810. The first kappa shape index (κ1) is 13.8. The number of amides is 1. The van der Waals surface area contributed by atoms with Gasteiger partial charge >= 0.3 is 0 Å². The predicted octanol–water partition coefficient (Wildman–Crippen LogP) is 3.66. The molecule has 0 aliphatic carbocycles. The molecule has 2 aromatic rings. The van der Waals surface area contributed by atoms with Crippen LogP contribution in [0.5, 0.6) is 0 Å². The maximum Gasteiger partial charge on any atom is 0.257 e. The van der Waals surface area contributed by atoms with Crippen molar-refractivity contribution >= 4 is 29.1 Å². The molecule has 98 valence electrons. The zero-order valence-electron chi connectivity index (χ0n) is 10.3. The van der Waals surface area contributed by atoms with Crippen LogP contribution in [0.3, 0.4) is 0 Å². The van der Waals surface area contributed by atoms with Crippen LogP contribution in [0.15, 0.2) is 42.6 Å². The summed E-state index contributed by atoms with van der Waals surface area (Å²) < 4.78 is 0. The van der Waals surface area contributed by atoms with E-state index < -0.39 is 0 Å². The fourth-order valence-electron chi connectivity index (χ4n) is 1.73. The molecule has 0 saturated heterocycles. The van der Waals surface area contributed by atoms with Gasteiger partial charge in [0.2, 0.25) is 0 Å². The van der Waals surface area contributed by atoms with Crippen molar-refractivity contribution in [2.75, 3.05) is 7.05 Å². The first-order valence-electron chi connectivity index (χ1n) is 5.68. The Morgan fingerprint density at radius 3 is 2.74 bits per heavy atom. The van der Waals surface area contributed by atoms with Crippen LogP contribution in [-0.2, 0) is 6.54 Å². The minimum Gasteiger partial charge on any atom is -0.337 e. The second kappa shape index (κ2) is 6.04. The van der Waals surface area contributed by atoms with Crippen molar-refractivity contribution in [3.8, 4) is 0 Å². The molecule has 1 aromatic heterocycles. The van der Waals surface area contributed by atoms with Crippen LogP contribution in [0, 0.1) is 0 Å². The van der Waals surface area contributed by atoms with Gasteiger partial charge in [-0.2, -0.15) is 0 Å². The largest absolute Gasteiger partial charge is 0.337 e. The lowest BCUT2D eigenvalue weighted by atomic mass is 10.2. The van der Waals surface area contributed by atoms with Crippen LogP contribution >= 0.6 is 23.2 Å². The number of pyridine rings is 1. The molecule has 0 radical (unpaired) electrons. The highest BCUT2D eigenvalue weighted by atomic mass is 35.5. The van der Waals surface area contributed by atoms with Crippen LogP contribution < -0.4 is 0 Å². The standard InChI is InChI=1S/C14H12Cl2N2O/c1-18(9-10-4-2-5-11(15)8-10)14(19)12-6-3-7-17-13(12)16/h2-8H,9H2,1H3. The van der Waals surface area contributed by atoms with E-state index in [-0.39, 0.29) is 11.1 Å². The molecule has 1 aromatic carbocycles. The van der Waals surface area contributed by atoms with Gasteiger partial charge in [-0.25, -0.2) is 4.98 Å². The fourth-order valence-corrected chi connectivity index (χ4v) is 2.15. The first-order valence-corrected chi connectivity index (χ1v) is 6.44. The Hall–Kier alpha value is -1.58. The predicted molar refractivity (Wildman–Crippen MR) is 76.5 cm³/mol. The van der Waals surface area contributed by atoms with Crippen molar-refractivity contribution in [2.45, 2.75) is 6.54 Å². The molecule has 0 saturated carbocycles. The van der Waals surface area contributed by atoms with Gasteiger partial charge < -0.3 is 4.90 Å². The van der Waals surface area contributed by atoms with Gasteiger partial charge in [0.1, 0.15) is 5.15 Å². The van der Waals surface area contributed by atoms with Gasteiger partial charge in [-0.15, -0.1) is 0 Å². The van der Waals surface area contributed by atoms with Crippen molar-refractivity contribution in [3.05, 3.63) is 63.9 Å². The maximum absolute atomic E-state index is 12.2. The Labute approximate surface area is 121 Å². The maximum atomic E-state index is 12.2. The third-order valence-corrected chi connectivity index (χ3v) is 3.18. The summed E-state index contributed by atoms with van der Waals surface area (Å²) >= 11 is 11.8. The number of carbonyl (C=O) groups is 1. The first-order chi connectivity index (χ1) is 9.08. The number of hydrogen-bond donors (Lipinski definition) is 0. The van der Waals surface area contributed by atoms with Crippen LogP contribution in [0.25, 0.3) is 0 Å². The number of nitrogens with zero attached hydrogens (tertiary/aromatic N) is 2. The summed E-state index contributed by atoms with van der Waals surface area (Å²) in [6.45, 7) is 0.463. The van der Waals surface area contributed by atoms with Gasteiger partial charge in [-0.3, -0.25) is 4.79 Å². The van der Waals surface area contributed by atoms with E-state index in [0.717, 1.165) is 5.56 Å². The van der Waals surface area contributed by atoms with Gasteiger partial charge in [0.15, 0.2) is 0 Å². The van der Waals surface area contributed by atoms with Gasteiger partial charge in [0, 0.05) is 24.8 Å². The van der Waals surface area contributed by atoms with Crippen LogP contribution in [0.4, 0.5) is 0 Å². The molecule has 5 heteroatoms. The summed E-state index contributed by atoms with van der Waals surface area (Å²) in [5.41, 5.74) is 1.36. The number of benzene rings is 1. The van der Waals surface area contributed by atoms with E-state index in [4.69, 9.17) is 23.2 Å². The molecule has 1 amide bonds. The zero-order valence-corrected chi connectivity index (χ0v) is 11.8. The van der Waals surface area contributed by atoms with Crippen LogP contribution in [0.1, 0.15) is 15.9 Å². The minimum atomic E-state index is -0.168. The molecule has 0 N–H and O–H groups in total. The summed E-state index contributed by atoms with van der Waals surface area (Å²) in [5, 5.41) is 0.864. The van der Waals surface area contributed by atoms with Gasteiger partial charge in [-0.1, -0.05) is 35.3 Å². The van der Waals surface area contributed by atoms with E-state index in [9.17, 15) is 4.79 Å². The highest BCUT2D eigenvalue weighted by molar-refractivity contribution is 6.32. The molecule has 0 fully saturated rings. The van der Waals surface area contributed by atoms with Crippen LogP contribution in [-0.4, -0.2) is 22.8 Å². The van der Waals surface area contributed by atoms with Crippen molar-refractivity contribution < 1.29 is 4.79 Å². The smallest absolute Gasteiger partial charge is 0.257 e. The molecule has 0 bridgehead atoms. The van der Waals surface area contributed by atoms with Crippen molar-refractivity contribution in [3.63, 3.8) is 0 Å². The summed E-state index contributed by atoms with van der Waals surface area (Å²) in [6.07, 6.45) is 1.55. The average molecular weight is 295 g/mol. The molecule has 19 heavy (non-hydrogen) atoms. The molecule has 3 nitrogen and oxygen atoms in total. The molecular formula is C14H12Cl2N2O. The van der Waals surface area contributed by atoms with Gasteiger partial charge in [0.25, 0.3) is 5.91 Å². The van der Waals surface area contributed by atoms with E-state index in [1.54, 1.807) is 36.3 Å². The molecule has 0 aliphatic rings. The Bertz CT molecular complexity index is 602. The fraction of sp³-hybridized carbons (Fsp3) is 0.143.